The topological polar surface area (TPSA) is 56.6 Å². The number of aromatic nitrogens is 2. The quantitative estimate of drug-likeness (QED) is 0.650. The van der Waals surface area contributed by atoms with E-state index in [9.17, 15) is 4.79 Å². The van der Waals surface area contributed by atoms with Gasteiger partial charge in [-0.15, -0.1) is 0 Å². The number of para-hydroxylation sites is 1. The molecule has 2 aromatic carbocycles. The number of benzene rings is 2. The number of hydrogen-bond acceptors (Lipinski definition) is 4. The van der Waals surface area contributed by atoms with E-state index in [1.54, 1.807) is 4.68 Å². The number of carbonyl (C=O) groups excluding carboxylic acids is 1. The molecule has 1 amide bonds. The van der Waals surface area contributed by atoms with E-state index in [4.69, 9.17) is 9.47 Å². The fraction of sp³-hybridized carbons (Fsp3) is 0.360. The van der Waals surface area contributed by atoms with E-state index in [1.807, 2.05) is 42.5 Å². The lowest BCUT2D eigenvalue weighted by molar-refractivity contribution is -0.134. The Morgan fingerprint density at radius 2 is 2.00 bits per heavy atom. The Labute approximate surface area is 182 Å². The fourth-order valence-electron chi connectivity index (χ4n) is 4.63. The molecule has 0 spiro atoms. The molecule has 6 nitrogen and oxygen atoms in total. The average molecular weight is 418 g/mol. The number of rotatable bonds is 4. The molecule has 0 saturated heterocycles. The monoisotopic (exact) mass is 417 g/mol. The zero-order valence-corrected chi connectivity index (χ0v) is 18.2. The summed E-state index contributed by atoms with van der Waals surface area (Å²) in [7, 11) is 1.91. The molecule has 3 heterocycles. The Balaban J connectivity index is 1.34. The number of ether oxygens (including phenoxy) is 2. The first-order chi connectivity index (χ1) is 14.9. The fourth-order valence-corrected chi connectivity index (χ4v) is 4.63. The Morgan fingerprint density at radius 1 is 1.19 bits per heavy atom. The molecular formula is C25H27N3O3. The van der Waals surface area contributed by atoms with E-state index in [2.05, 4.69) is 43.2 Å². The zero-order valence-electron chi connectivity index (χ0n) is 18.2. The van der Waals surface area contributed by atoms with Crippen LogP contribution in [0.25, 0.3) is 0 Å². The Hall–Kier alpha value is -3.28. The van der Waals surface area contributed by atoms with Gasteiger partial charge in [0.15, 0.2) is 18.1 Å². The van der Waals surface area contributed by atoms with E-state index in [-0.39, 0.29) is 24.0 Å². The van der Waals surface area contributed by atoms with Crippen LogP contribution in [0.15, 0.2) is 54.9 Å². The molecule has 1 unspecified atom stereocenters. The summed E-state index contributed by atoms with van der Waals surface area (Å²) >= 11 is 0. The van der Waals surface area contributed by atoms with Gasteiger partial charge < -0.3 is 14.4 Å². The molecule has 1 atom stereocenters. The highest BCUT2D eigenvalue weighted by Gasteiger charge is 2.33. The molecule has 2 aliphatic heterocycles. The summed E-state index contributed by atoms with van der Waals surface area (Å²) < 4.78 is 13.8. The van der Waals surface area contributed by atoms with Crippen molar-refractivity contribution < 1.29 is 14.3 Å². The number of hydrogen-bond donors (Lipinski definition) is 0. The highest BCUT2D eigenvalue weighted by molar-refractivity contribution is 5.78. The van der Waals surface area contributed by atoms with E-state index >= 15 is 0 Å². The van der Waals surface area contributed by atoms with Crippen molar-refractivity contribution in [3.8, 4) is 11.5 Å². The van der Waals surface area contributed by atoms with Crippen molar-refractivity contribution in [2.75, 3.05) is 13.2 Å². The third-order valence-electron chi connectivity index (χ3n) is 6.08. The predicted molar refractivity (Wildman–Crippen MR) is 117 cm³/mol. The van der Waals surface area contributed by atoms with Crippen molar-refractivity contribution in [1.82, 2.24) is 14.7 Å². The molecule has 3 aromatic rings. The van der Waals surface area contributed by atoms with Crippen LogP contribution in [0.2, 0.25) is 0 Å². The van der Waals surface area contributed by atoms with Crippen LogP contribution in [-0.2, 0) is 24.8 Å². The molecule has 0 N–H and O–H groups in total. The SMILES string of the molecule is Cn1cc(C2CN(C(=O)COc3cccc4c3OC(C)(C)C4)Cc3ccccc32)cn1. The lowest BCUT2D eigenvalue weighted by atomic mass is 9.86. The second-order valence-corrected chi connectivity index (χ2v) is 9.04. The van der Waals surface area contributed by atoms with Crippen LogP contribution >= 0.6 is 0 Å². The molecule has 0 radical (unpaired) electrons. The van der Waals surface area contributed by atoms with Gasteiger partial charge in [0.1, 0.15) is 5.60 Å². The standard InChI is InChI=1S/C25H27N3O3/c1-25(2)11-17-8-6-10-22(24(17)31-25)30-16-23(29)28-14-18-7-4-5-9-20(18)21(15-28)19-12-26-27(3)13-19/h4-10,12-13,21H,11,14-16H2,1-3H3. The Kier molecular flexibility index (Phi) is 4.73. The lowest BCUT2D eigenvalue weighted by Crippen LogP contribution is -2.41. The van der Waals surface area contributed by atoms with Crippen LogP contribution in [0, 0.1) is 0 Å². The molecule has 5 rings (SSSR count). The normalized spacial score (nSPS) is 18.8. The summed E-state index contributed by atoms with van der Waals surface area (Å²) in [6, 6.07) is 14.2. The van der Waals surface area contributed by atoms with Gasteiger partial charge in [0.25, 0.3) is 5.91 Å². The van der Waals surface area contributed by atoms with Gasteiger partial charge in [-0.1, -0.05) is 36.4 Å². The van der Waals surface area contributed by atoms with Crippen LogP contribution in [0.1, 0.15) is 42.0 Å². The van der Waals surface area contributed by atoms with Crippen LogP contribution < -0.4 is 9.47 Å². The minimum Gasteiger partial charge on any atom is -0.483 e. The van der Waals surface area contributed by atoms with Crippen LogP contribution in [-0.4, -0.2) is 39.3 Å². The minimum atomic E-state index is -0.251. The van der Waals surface area contributed by atoms with E-state index < -0.39 is 0 Å². The Bertz CT molecular complexity index is 1130. The van der Waals surface area contributed by atoms with Crippen LogP contribution in [0.4, 0.5) is 0 Å². The van der Waals surface area contributed by atoms with Crippen molar-refractivity contribution in [3.05, 3.63) is 77.1 Å². The highest BCUT2D eigenvalue weighted by atomic mass is 16.5. The van der Waals surface area contributed by atoms with Gasteiger partial charge in [0.05, 0.1) is 6.20 Å². The molecule has 160 valence electrons. The smallest absolute Gasteiger partial charge is 0.260 e. The maximum Gasteiger partial charge on any atom is 0.260 e. The molecule has 0 saturated carbocycles. The maximum atomic E-state index is 13.1. The second kappa shape index (κ2) is 7.45. The molecular weight excluding hydrogens is 390 g/mol. The van der Waals surface area contributed by atoms with Crippen molar-refractivity contribution in [2.45, 2.75) is 38.3 Å². The summed E-state index contributed by atoms with van der Waals surface area (Å²) in [5, 5.41) is 4.33. The first-order valence-corrected chi connectivity index (χ1v) is 10.7. The number of fused-ring (bicyclic) bond motifs is 2. The number of nitrogens with zero attached hydrogens (tertiary/aromatic N) is 3. The molecule has 1 aromatic heterocycles. The molecule has 31 heavy (non-hydrogen) atoms. The van der Waals surface area contributed by atoms with Crippen LogP contribution in [0.3, 0.4) is 0 Å². The predicted octanol–water partition coefficient (Wildman–Crippen LogP) is 3.69. The maximum absolute atomic E-state index is 13.1. The van der Waals surface area contributed by atoms with Crippen LogP contribution in [0.5, 0.6) is 11.5 Å². The molecule has 0 aliphatic carbocycles. The van der Waals surface area contributed by atoms with Crippen molar-refractivity contribution in [1.29, 1.82) is 0 Å². The van der Waals surface area contributed by atoms with E-state index in [1.165, 1.54) is 11.1 Å². The van der Waals surface area contributed by atoms with Crippen molar-refractivity contribution in [3.63, 3.8) is 0 Å². The first kappa shape index (κ1) is 19.7. The van der Waals surface area contributed by atoms with Crippen molar-refractivity contribution >= 4 is 5.91 Å². The molecule has 6 heteroatoms. The van der Waals surface area contributed by atoms with Gasteiger partial charge >= 0.3 is 0 Å². The molecule has 0 bridgehead atoms. The van der Waals surface area contributed by atoms with Gasteiger partial charge in [-0.25, -0.2) is 0 Å². The number of aryl methyl sites for hydroxylation is 1. The largest absolute Gasteiger partial charge is 0.483 e. The summed E-state index contributed by atoms with van der Waals surface area (Å²) in [6.07, 6.45) is 4.75. The number of amides is 1. The molecule has 0 fully saturated rings. The summed E-state index contributed by atoms with van der Waals surface area (Å²) in [5.41, 5.74) is 4.42. The zero-order chi connectivity index (χ0) is 21.6. The third-order valence-corrected chi connectivity index (χ3v) is 6.08. The summed E-state index contributed by atoms with van der Waals surface area (Å²) in [6.45, 7) is 5.31. The Morgan fingerprint density at radius 3 is 2.81 bits per heavy atom. The van der Waals surface area contributed by atoms with E-state index in [0.29, 0.717) is 18.8 Å². The average Bonchev–Trinajstić information content (AvgIpc) is 3.32. The van der Waals surface area contributed by atoms with Gasteiger partial charge in [-0.05, 0) is 36.6 Å². The van der Waals surface area contributed by atoms with Gasteiger partial charge in [-0.3, -0.25) is 9.48 Å². The summed E-state index contributed by atoms with van der Waals surface area (Å²) in [4.78, 5) is 15.0. The second-order valence-electron chi connectivity index (χ2n) is 9.04. The minimum absolute atomic E-state index is 0.0117. The van der Waals surface area contributed by atoms with Gasteiger partial charge in [-0.2, -0.15) is 5.10 Å². The highest BCUT2D eigenvalue weighted by Crippen LogP contribution is 2.42. The number of carbonyl (C=O) groups is 1. The third kappa shape index (κ3) is 3.78. The summed E-state index contributed by atoms with van der Waals surface area (Å²) in [5.74, 6) is 1.47. The molecule has 2 aliphatic rings. The van der Waals surface area contributed by atoms with E-state index in [0.717, 1.165) is 23.3 Å². The first-order valence-electron chi connectivity index (χ1n) is 10.7. The lowest BCUT2D eigenvalue weighted by Gasteiger charge is -2.34. The van der Waals surface area contributed by atoms with Crippen molar-refractivity contribution in [2.24, 2.45) is 7.05 Å². The van der Waals surface area contributed by atoms with Gasteiger partial charge in [0.2, 0.25) is 0 Å². The van der Waals surface area contributed by atoms with Gasteiger partial charge in [0, 0.05) is 44.2 Å².